The van der Waals surface area contributed by atoms with E-state index < -0.39 is 17.6 Å². The van der Waals surface area contributed by atoms with Crippen LogP contribution in [0.1, 0.15) is 21.5 Å². The van der Waals surface area contributed by atoms with Crippen LogP contribution >= 0.6 is 0 Å². The predicted octanol–water partition coefficient (Wildman–Crippen LogP) is 3.42. The molecule has 2 aromatic rings. The molecule has 0 saturated heterocycles. The molecule has 3 N–H and O–H groups in total. The highest BCUT2D eigenvalue weighted by atomic mass is 19.4. The molecule has 110 valence electrons. The van der Waals surface area contributed by atoms with E-state index in [9.17, 15) is 18.0 Å². The number of anilines is 1. The number of primary amides is 1. The third-order valence-electron chi connectivity index (χ3n) is 2.98. The van der Waals surface area contributed by atoms with Crippen molar-refractivity contribution in [2.24, 2.45) is 5.73 Å². The van der Waals surface area contributed by atoms with E-state index in [1.165, 1.54) is 12.1 Å². The van der Waals surface area contributed by atoms with Crippen LogP contribution < -0.4 is 11.1 Å². The van der Waals surface area contributed by atoms with Gasteiger partial charge >= 0.3 is 6.18 Å². The fourth-order valence-corrected chi connectivity index (χ4v) is 1.89. The summed E-state index contributed by atoms with van der Waals surface area (Å²) in [7, 11) is 0. The fraction of sp³-hybridized carbons (Fsp3) is 0.133. The summed E-state index contributed by atoms with van der Waals surface area (Å²) < 4.78 is 37.3. The minimum Gasteiger partial charge on any atom is -0.381 e. The smallest absolute Gasteiger partial charge is 0.381 e. The average Bonchev–Trinajstić information content (AvgIpc) is 2.45. The number of alkyl halides is 3. The number of nitrogens with one attached hydrogen (secondary N) is 1. The van der Waals surface area contributed by atoms with E-state index in [1.807, 2.05) is 0 Å². The number of carbonyl (C=O) groups is 1. The summed E-state index contributed by atoms with van der Waals surface area (Å²) in [6.07, 6.45) is -4.35. The van der Waals surface area contributed by atoms with Gasteiger partial charge in [-0.15, -0.1) is 0 Å². The summed E-state index contributed by atoms with van der Waals surface area (Å²) in [4.78, 5) is 11.3. The summed E-state index contributed by atoms with van der Waals surface area (Å²) in [5, 5.41) is 2.96. The van der Waals surface area contributed by atoms with E-state index in [-0.39, 0.29) is 0 Å². The molecule has 0 aromatic heterocycles. The molecule has 0 aliphatic rings. The number of hydrogen-bond donors (Lipinski definition) is 2. The standard InChI is InChI=1S/C15H13F3N2O/c16-15(17,18)11-5-7-12(8-6-11)20-9-10-3-1-2-4-13(10)14(19)21/h1-8,20H,9H2,(H2,19,21). The van der Waals surface area contributed by atoms with Crippen molar-refractivity contribution in [1.82, 2.24) is 0 Å². The first-order chi connectivity index (χ1) is 9.88. The highest BCUT2D eigenvalue weighted by molar-refractivity contribution is 5.94. The van der Waals surface area contributed by atoms with Crippen LogP contribution in [0.3, 0.4) is 0 Å². The van der Waals surface area contributed by atoms with Gasteiger partial charge in [0.25, 0.3) is 0 Å². The highest BCUT2D eigenvalue weighted by Crippen LogP contribution is 2.29. The van der Waals surface area contributed by atoms with Crippen LogP contribution in [0, 0.1) is 0 Å². The Hall–Kier alpha value is -2.50. The number of carbonyl (C=O) groups excluding carboxylic acids is 1. The minimum atomic E-state index is -4.35. The molecule has 0 bridgehead atoms. The molecule has 0 heterocycles. The Bertz CT molecular complexity index is 636. The molecule has 0 aliphatic carbocycles. The van der Waals surface area contributed by atoms with Crippen LogP contribution in [-0.2, 0) is 12.7 Å². The van der Waals surface area contributed by atoms with E-state index in [1.54, 1.807) is 24.3 Å². The molecule has 2 rings (SSSR count). The first-order valence-electron chi connectivity index (χ1n) is 6.17. The number of amides is 1. The lowest BCUT2D eigenvalue weighted by Gasteiger charge is -2.11. The van der Waals surface area contributed by atoms with Gasteiger partial charge in [0.15, 0.2) is 0 Å². The molecule has 0 atom stereocenters. The zero-order valence-corrected chi connectivity index (χ0v) is 10.9. The Balaban J connectivity index is 2.09. The van der Waals surface area contributed by atoms with Gasteiger partial charge in [0.05, 0.1) is 5.56 Å². The zero-order valence-electron chi connectivity index (χ0n) is 10.9. The summed E-state index contributed by atoms with van der Waals surface area (Å²) in [6.45, 7) is 0.296. The van der Waals surface area contributed by atoms with Crippen LogP contribution in [0.2, 0.25) is 0 Å². The van der Waals surface area contributed by atoms with E-state index >= 15 is 0 Å². The highest BCUT2D eigenvalue weighted by Gasteiger charge is 2.29. The lowest BCUT2D eigenvalue weighted by molar-refractivity contribution is -0.137. The number of nitrogens with two attached hydrogens (primary N) is 1. The van der Waals surface area contributed by atoms with Gasteiger partial charge in [-0.05, 0) is 35.9 Å². The Morgan fingerprint density at radius 2 is 1.67 bits per heavy atom. The summed E-state index contributed by atoms with van der Waals surface area (Å²) in [6, 6.07) is 11.5. The normalized spacial score (nSPS) is 11.2. The third-order valence-corrected chi connectivity index (χ3v) is 2.98. The molecule has 6 heteroatoms. The summed E-state index contributed by atoms with van der Waals surface area (Å²) >= 11 is 0. The van der Waals surface area contributed by atoms with Crippen molar-refractivity contribution in [2.45, 2.75) is 12.7 Å². The lowest BCUT2D eigenvalue weighted by atomic mass is 10.1. The van der Waals surface area contributed by atoms with Crippen LogP contribution in [-0.4, -0.2) is 5.91 Å². The second-order valence-electron chi connectivity index (χ2n) is 4.45. The molecule has 0 fully saturated rings. The van der Waals surface area contributed by atoms with E-state index in [0.29, 0.717) is 23.4 Å². The Morgan fingerprint density at radius 1 is 1.05 bits per heavy atom. The number of rotatable bonds is 4. The molecule has 0 saturated carbocycles. The molecule has 0 spiro atoms. The second kappa shape index (κ2) is 5.87. The maximum atomic E-state index is 12.4. The fourth-order valence-electron chi connectivity index (χ4n) is 1.89. The lowest BCUT2D eigenvalue weighted by Crippen LogP contribution is -2.15. The van der Waals surface area contributed by atoms with Crippen molar-refractivity contribution in [2.75, 3.05) is 5.32 Å². The first kappa shape index (κ1) is 14.9. The van der Waals surface area contributed by atoms with Crippen LogP contribution in [0.5, 0.6) is 0 Å². The largest absolute Gasteiger partial charge is 0.416 e. The minimum absolute atomic E-state index is 0.296. The first-order valence-corrected chi connectivity index (χ1v) is 6.17. The molecule has 3 nitrogen and oxygen atoms in total. The van der Waals surface area contributed by atoms with Gasteiger partial charge in [0.2, 0.25) is 5.91 Å². The van der Waals surface area contributed by atoms with Crippen molar-refractivity contribution >= 4 is 11.6 Å². The van der Waals surface area contributed by atoms with Crippen molar-refractivity contribution in [1.29, 1.82) is 0 Å². The van der Waals surface area contributed by atoms with Crippen molar-refractivity contribution < 1.29 is 18.0 Å². The molecular formula is C15H13F3N2O. The molecular weight excluding hydrogens is 281 g/mol. The number of benzene rings is 2. The SMILES string of the molecule is NC(=O)c1ccccc1CNc1ccc(C(F)(F)F)cc1. The Morgan fingerprint density at radius 3 is 2.24 bits per heavy atom. The van der Waals surface area contributed by atoms with Crippen molar-refractivity contribution in [3.05, 3.63) is 65.2 Å². The van der Waals surface area contributed by atoms with Gasteiger partial charge < -0.3 is 11.1 Å². The number of hydrogen-bond acceptors (Lipinski definition) is 2. The van der Waals surface area contributed by atoms with Gasteiger partial charge in [0, 0.05) is 17.8 Å². The van der Waals surface area contributed by atoms with E-state index in [4.69, 9.17) is 5.73 Å². The van der Waals surface area contributed by atoms with Gasteiger partial charge in [0.1, 0.15) is 0 Å². The molecule has 0 aliphatic heterocycles. The van der Waals surface area contributed by atoms with E-state index in [0.717, 1.165) is 12.1 Å². The van der Waals surface area contributed by atoms with Crippen LogP contribution in [0.25, 0.3) is 0 Å². The summed E-state index contributed by atoms with van der Waals surface area (Å²) in [5.41, 5.74) is 6.16. The average molecular weight is 294 g/mol. The van der Waals surface area contributed by atoms with Gasteiger partial charge in [-0.25, -0.2) is 0 Å². The number of halogens is 3. The Kier molecular flexibility index (Phi) is 4.16. The molecule has 21 heavy (non-hydrogen) atoms. The van der Waals surface area contributed by atoms with Crippen molar-refractivity contribution in [3.8, 4) is 0 Å². The molecule has 0 radical (unpaired) electrons. The third kappa shape index (κ3) is 3.75. The van der Waals surface area contributed by atoms with Gasteiger partial charge in [-0.3, -0.25) is 4.79 Å². The topological polar surface area (TPSA) is 55.1 Å². The second-order valence-corrected chi connectivity index (χ2v) is 4.45. The van der Waals surface area contributed by atoms with Crippen LogP contribution in [0.4, 0.5) is 18.9 Å². The zero-order chi connectivity index (χ0) is 15.5. The molecule has 0 unspecified atom stereocenters. The van der Waals surface area contributed by atoms with Gasteiger partial charge in [-0.2, -0.15) is 13.2 Å². The molecule has 2 aromatic carbocycles. The van der Waals surface area contributed by atoms with Crippen molar-refractivity contribution in [3.63, 3.8) is 0 Å². The quantitative estimate of drug-likeness (QED) is 0.908. The predicted molar refractivity (Wildman–Crippen MR) is 73.7 cm³/mol. The Labute approximate surface area is 119 Å². The van der Waals surface area contributed by atoms with Gasteiger partial charge in [-0.1, -0.05) is 18.2 Å². The summed E-state index contributed by atoms with van der Waals surface area (Å²) in [5.74, 6) is -0.542. The maximum Gasteiger partial charge on any atom is 0.416 e. The van der Waals surface area contributed by atoms with Crippen LogP contribution in [0.15, 0.2) is 48.5 Å². The van der Waals surface area contributed by atoms with E-state index in [2.05, 4.69) is 5.32 Å². The monoisotopic (exact) mass is 294 g/mol. The molecule has 1 amide bonds. The maximum absolute atomic E-state index is 12.4.